The van der Waals surface area contributed by atoms with Crippen molar-refractivity contribution >= 4 is 21.5 Å². The van der Waals surface area contributed by atoms with E-state index in [9.17, 15) is 13.0 Å². The first-order valence-corrected chi connectivity index (χ1v) is 13.0. The molecular formula is C27H30N2O3S. The van der Waals surface area contributed by atoms with Crippen LogP contribution in [0.25, 0.3) is 0 Å². The number of nitrogens with zero attached hydrogens (tertiary/aromatic N) is 2. The van der Waals surface area contributed by atoms with E-state index in [1.807, 2.05) is 12.1 Å². The van der Waals surface area contributed by atoms with E-state index in [0.717, 1.165) is 49.9 Å². The van der Waals surface area contributed by atoms with Crippen LogP contribution in [-0.4, -0.2) is 40.2 Å². The predicted molar refractivity (Wildman–Crippen MR) is 133 cm³/mol. The molecule has 172 valence electrons. The van der Waals surface area contributed by atoms with Gasteiger partial charge in [-0.15, -0.1) is 0 Å². The molecule has 3 aromatic rings. The molecule has 5 nitrogen and oxygen atoms in total. The summed E-state index contributed by atoms with van der Waals surface area (Å²) >= 11 is 0. The molecule has 0 fully saturated rings. The number of rotatable bonds is 4. The summed E-state index contributed by atoms with van der Waals surface area (Å²) in [5, 5.41) is 0. The highest BCUT2D eigenvalue weighted by Gasteiger charge is 2.27. The molecule has 0 radical (unpaired) electrons. The molecule has 6 heteroatoms. The molecule has 33 heavy (non-hydrogen) atoms. The van der Waals surface area contributed by atoms with Crippen molar-refractivity contribution in [1.82, 2.24) is 0 Å². The summed E-state index contributed by atoms with van der Waals surface area (Å²) in [4.78, 5) is 4.52. The van der Waals surface area contributed by atoms with Crippen LogP contribution in [0, 0.1) is 0 Å². The predicted octanol–water partition coefficient (Wildman–Crippen LogP) is 4.88. The Hall–Kier alpha value is -2.83. The van der Waals surface area contributed by atoms with Crippen molar-refractivity contribution in [3.05, 3.63) is 88.5 Å². The van der Waals surface area contributed by atoms with Gasteiger partial charge < -0.3 is 9.80 Å². The maximum absolute atomic E-state index is 12.3. The number of aryl methyl sites for hydroxylation is 2. The van der Waals surface area contributed by atoms with Gasteiger partial charge in [0, 0.05) is 44.5 Å². The van der Waals surface area contributed by atoms with E-state index in [-0.39, 0.29) is 10.8 Å². The lowest BCUT2D eigenvalue weighted by molar-refractivity contribution is 0.482. The summed E-state index contributed by atoms with van der Waals surface area (Å²) in [6.45, 7) is 2.08. The van der Waals surface area contributed by atoms with Crippen LogP contribution in [0.15, 0.2) is 65.6 Å². The van der Waals surface area contributed by atoms with Gasteiger partial charge >= 0.3 is 0 Å². The van der Waals surface area contributed by atoms with Crippen LogP contribution in [0.1, 0.15) is 46.6 Å². The molecule has 2 aliphatic heterocycles. The first kappa shape index (κ1) is 22.0. The standard InChI is InChI=1S/C27H30N2O3S/c1-28-15-5-7-19-17-21(11-13-24(19)28)27(23-9-3-4-10-26(23)33(30,31)32)22-12-14-25-20(18-22)8-6-16-29(25)2/h3-4,9-14,17-18,27H,5-8,15-16H2,1-2H3,(H,30,31,32). The normalized spacial score (nSPS) is 16.0. The van der Waals surface area contributed by atoms with Crippen molar-refractivity contribution in [2.45, 2.75) is 36.5 Å². The second kappa shape index (κ2) is 8.50. The Morgan fingerprint density at radius 1 is 0.788 bits per heavy atom. The van der Waals surface area contributed by atoms with Gasteiger partial charge in [0.25, 0.3) is 10.1 Å². The van der Waals surface area contributed by atoms with Gasteiger partial charge in [-0.1, -0.05) is 42.5 Å². The molecule has 0 saturated carbocycles. The van der Waals surface area contributed by atoms with Crippen LogP contribution in [-0.2, 0) is 23.0 Å². The van der Waals surface area contributed by atoms with Gasteiger partial charge in [0.1, 0.15) is 0 Å². The fourth-order valence-corrected chi connectivity index (χ4v) is 6.21. The van der Waals surface area contributed by atoms with E-state index >= 15 is 0 Å². The fourth-order valence-electron chi connectivity index (χ4n) is 5.48. The molecule has 5 rings (SSSR count). The Balaban J connectivity index is 1.71. The van der Waals surface area contributed by atoms with Crippen molar-refractivity contribution in [3.8, 4) is 0 Å². The molecule has 0 bridgehead atoms. The lowest BCUT2D eigenvalue weighted by atomic mass is 9.82. The topological polar surface area (TPSA) is 60.9 Å². The lowest BCUT2D eigenvalue weighted by Crippen LogP contribution is -2.25. The highest BCUT2D eigenvalue weighted by Crippen LogP contribution is 2.40. The van der Waals surface area contributed by atoms with Gasteiger partial charge in [-0.3, -0.25) is 4.55 Å². The molecule has 1 N–H and O–H groups in total. The highest BCUT2D eigenvalue weighted by atomic mass is 32.2. The van der Waals surface area contributed by atoms with Crippen LogP contribution >= 0.6 is 0 Å². The Morgan fingerprint density at radius 3 is 1.82 bits per heavy atom. The van der Waals surface area contributed by atoms with Gasteiger partial charge in [0.2, 0.25) is 0 Å². The monoisotopic (exact) mass is 462 g/mol. The molecule has 0 atom stereocenters. The minimum Gasteiger partial charge on any atom is -0.374 e. The maximum Gasteiger partial charge on any atom is 0.294 e. The molecule has 0 spiro atoms. The van der Waals surface area contributed by atoms with E-state index in [2.05, 4.69) is 60.3 Å². The number of hydrogen-bond acceptors (Lipinski definition) is 4. The Morgan fingerprint density at radius 2 is 1.30 bits per heavy atom. The lowest BCUT2D eigenvalue weighted by Gasteiger charge is -2.31. The number of benzene rings is 3. The van der Waals surface area contributed by atoms with Crippen LogP contribution in [0.5, 0.6) is 0 Å². The highest BCUT2D eigenvalue weighted by molar-refractivity contribution is 7.85. The largest absolute Gasteiger partial charge is 0.374 e. The number of hydrogen-bond donors (Lipinski definition) is 1. The first-order chi connectivity index (χ1) is 15.8. The average molecular weight is 463 g/mol. The van der Waals surface area contributed by atoms with Crippen molar-refractivity contribution in [2.75, 3.05) is 37.0 Å². The molecule has 2 aliphatic rings. The summed E-state index contributed by atoms with van der Waals surface area (Å²) in [6.07, 6.45) is 4.22. The van der Waals surface area contributed by atoms with Crippen LogP contribution in [0.3, 0.4) is 0 Å². The summed E-state index contributed by atoms with van der Waals surface area (Å²) in [5.74, 6) is -0.293. The van der Waals surface area contributed by atoms with Gasteiger partial charge in [-0.2, -0.15) is 8.42 Å². The molecule has 0 aromatic heterocycles. The molecule has 0 aliphatic carbocycles. The van der Waals surface area contributed by atoms with Crippen molar-refractivity contribution in [2.24, 2.45) is 0 Å². The smallest absolute Gasteiger partial charge is 0.294 e. The third-order valence-electron chi connectivity index (χ3n) is 7.08. The Labute approximate surface area is 196 Å². The summed E-state index contributed by atoms with van der Waals surface area (Å²) in [5.41, 5.74) is 7.74. The quantitative estimate of drug-likeness (QED) is 0.442. The van der Waals surface area contributed by atoms with E-state index in [1.54, 1.807) is 6.07 Å². The molecule has 0 saturated heterocycles. The van der Waals surface area contributed by atoms with E-state index < -0.39 is 10.1 Å². The maximum atomic E-state index is 12.3. The Bertz CT molecular complexity index is 1240. The van der Waals surface area contributed by atoms with Gasteiger partial charge in [0.05, 0.1) is 4.90 Å². The molecule has 2 heterocycles. The first-order valence-electron chi connectivity index (χ1n) is 11.6. The van der Waals surface area contributed by atoms with Crippen LogP contribution in [0.2, 0.25) is 0 Å². The number of fused-ring (bicyclic) bond motifs is 2. The summed E-state index contributed by atoms with van der Waals surface area (Å²) in [6, 6.07) is 19.8. The third-order valence-corrected chi connectivity index (χ3v) is 8.01. The van der Waals surface area contributed by atoms with Gasteiger partial charge in [-0.05, 0) is 71.7 Å². The van der Waals surface area contributed by atoms with E-state index in [4.69, 9.17) is 0 Å². The van der Waals surface area contributed by atoms with E-state index in [1.165, 1.54) is 28.6 Å². The average Bonchev–Trinajstić information content (AvgIpc) is 2.79. The SMILES string of the molecule is CN1CCCc2cc(C(c3ccc4c(c3)CCCN4C)c3ccccc3S(=O)(=O)O)ccc21. The van der Waals surface area contributed by atoms with Crippen LogP contribution < -0.4 is 9.80 Å². The van der Waals surface area contributed by atoms with Crippen molar-refractivity contribution in [3.63, 3.8) is 0 Å². The molecule has 0 unspecified atom stereocenters. The molecule has 0 amide bonds. The molecule has 3 aromatic carbocycles. The van der Waals surface area contributed by atoms with Gasteiger partial charge in [-0.25, -0.2) is 0 Å². The number of anilines is 2. The van der Waals surface area contributed by atoms with Crippen molar-refractivity contribution < 1.29 is 13.0 Å². The van der Waals surface area contributed by atoms with Gasteiger partial charge in [0.15, 0.2) is 0 Å². The zero-order valence-electron chi connectivity index (χ0n) is 19.2. The van der Waals surface area contributed by atoms with E-state index in [0.29, 0.717) is 5.56 Å². The minimum absolute atomic E-state index is 0.0281. The second-order valence-corrected chi connectivity index (χ2v) is 10.7. The summed E-state index contributed by atoms with van der Waals surface area (Å²) in [7, 11) is -0.135. The fraction of sp³-hybridized carbons (Fsp3) is 0.333. The molecular weight excluding hydrogens is 432 g/mol. The summed E-state index contributed by atoms with van der Waals surface area (Å²) < 4.78 is 34.7. The Kier molecular flexibility index (Phi) is 5.67. The zero-order chi connectivity index (χ0) is 23.2. The van der Waals surface area contributed by atoms with Crippen molar-refractivity contribution in [1.29, 1.82) is 0 Å². The minimum atomic E-state index is -4.36. The van der Waals surface area contributed by atoms with Crippen LogP contribution in [0.4, 0.5) is 11.4 Å². The third kappa shape index (κ3) is 4.13. The zero-order valence-corrected chi connectivity index (χ0v) is 20.0. The second-order valence-electron chi connectivity index (χ2n) is 9.27.